The number of hydrazine groups is 1. The molecule has 1 heterocycles. The summed E-state index contributed by atoms with van der Waals surface area (Å²) in [4.78, 5) is 0. The van der Waals surface area contributed by atoms with Crippen LogP contribution in [0.15, 0.2) is 66.0 Å². The Morgan fingerprint density at radius 3 is 2.67 bits per heavy atom. The maximum atomic E-state index is 13.1. The Morgan fingerprint density at radius 1 is 1.38 bits per heavy atom. The first-order chi connectivity index (χ1) is 10.0. The number of benzene rings is 1. The van der Waals surface area contributed by atoms with Crippen LogP contribution >= 0.6 is 0 Å². The van der Waals surface area contributed by atoms with Crippen molar-refractivity contribution in [2.24, 2.45) is 5.84 Å². The largest absolute Gasteiger partial charge is 0.385 e. The third-order valence-corrected chi connectivity index (χ3v) is 3.44. The van der Waals surface area contributed by atoms with Gasteiger partial charge in [0, 0.05) is 24.0 Å². The summed E-state index contributed by atoms with van der Waals surface area (Å²) in [7, 11) is 0. The van der Waals surface area contributed by atoms with E-state index in [4.69, 9.17) is 5.84 Å². The second-order valence-corrected chi connectivity index (χ2v) is 5.07. The molecular weight excluding hydrogens is 265 g/mol. The molecule has 0 radical (unpaired) electrons. The van der Waals surface area contributed by atoms with Gasteiger partial charge in [0.2, 0.25) is 0 Å². The molecule has 0 aromatic heterocycles. The van der Waals surface area contributed by atoms with Gasteiger partial charge in [0.15, 0.2) is 0 Å². The van der Waals surface area contributed by atoms with E-state index in [0.29, 0.717) is 0 Å². The van der Waals surface area contributed by atoms with Gasteiger partial charge >= 0.3 is 0 Å². The Kier molecular flexibility index (Phi) is 4.60. The summed E-state index contributed by atoms with van der Waals surface area (Å²) in [5, 5.41) is 3.25. The first-order valence-electron chi connectivity index (χ1n) is 6.80. The summed E-state index contributed by atoms with van der Waals surface area (Å²) in [6.07, 6.45) is 5.81. The number of nitrogens with one attached hydrogen (secondary N) is 2. The van der Waals surface area contributed by atoms with Gasteiger partial charge < -0.3 is 10.7 Å². The van der Waals surface area contributed by atoms with Crippen LogP contribution in [0.3, 0.4) is 0 Å². The minimum atomic E-state index is -0.264. The molecule has 0 amide bonds. The highest BCUT2D eigenvalue weighted by molar-refractivity contribution is 5.84. The van der Waals surface area contributed by atoms with Crippen LogP contribution in [0.25, 0.3) is 5.57 Å². The van der Waals surface area contributed by atoms with E-state index in [9.17, 15) is 4.39 Å². The van der Waals surface area contributed by atoms with Gasteiger partial charge in [-0.3, -0.25) is 5.84 Å². The van der Waals surface area contributed by atoms with Crippen molar-refractivity contribution < 1.29 is 4.39 Å². The molecule has 1 aromatic rings. The number of hydrogen-bond donors (Lipinski definition) is 3. The molecule has 0 aliphatic carbocycles. The third-order valence-electron chi connectivity index (χ3n) is 3.44. The molecule has 1 unspecified atom stereocenters. The van der Waals surface area contributed by atoms with E-state index in [2.05, 4.69) is 30.3 Å². The second kappa shape index (κ2) is 6.41. The van der Waals surface area contributed by atoms with Gasteiger partial charge in [0.1, 0.15) is 5.82 Å². The van der Waals surface area contributed by atoms with E-state index in [0.717, 1.165) is 27.9 Å². The lowest BCUT2D eigenvalue weighted by Gasteiger charge is -2.22. The molecule has 0 fully saturated rings. The summed E-state index contributed by atoms with van der Waals surface area (Å²) in [6, 6.07) is 6.51. The number of dihydropyridines is 1. The lowest BCUT2D eigenvalue weighted by Crippen LogP contribution is -2.24. The van der Waals surface area contributed by atoms with Gasteiger partial charge in [-0.1, -0.05) is 24.8 Å². The molecular formula is C17H20FN3. The van der Waals surface area contributed by atoms with Crippen molar-refractivity contribution in [1.82, 2.24) is 10.7 Å². The number of rotatable bonds is 4. The molecule has 0 spiro atoms. The van der Waals surface area contributed by atoms with E-state index in [1.54, 1.807) is 18.3 Å². The highest BCUT2D eigenvalue weighted by Gasteiger charge is 2.16. The van der Waals surface area contributed by atoms with E-state index in [-0.39, 0.29) is 11.9 Å². The van der Waals surface area contributed by atoms with Gasteiger partial charge in [-0.15, -0.1) is 0 Å². The minimum absolute atomic E-state index is 0.228. The first-order valence-corrected chi connectivity index (χ1v) is 6.80. The average molecular weight is 285 g/mol. The topological polar surface area (TPSA) is 50.1 Å². The summed E-state index contributed by atoms with van der Waals surface area (Å²) in [5.74, 6) is 5.20. The highest BCUT2D eigenvalue weighted by Crippen LogP contribution is 2.32. The Bertz CT molecular complexity index is 624. The normalized spacial score (nSPS) is 18.5. The number of allylic oxidation sites excluding steroid dienone is 4. The van der Waals surface area contributed by atoms with Gasteiger partial charge in [-0.05, 0) is 48.3 Å². The Labute approximate surface area is 124 Å². The maximum absolute atomic E-state index is 13.1. The molecule has 4 heteroatoms. The molecule has 21 heavy (non-hydrogen) atoms. The average Bonchev–Trinajstić information content (AvgIpc) is 2.48. The molecule has 1 atom stereocenters. The molecule has 1 aliphatic heterocycles. The summed E-state index contributed by atoms with van der Waals surface area (Å²) >= 11 is 0. The van der Waals surface area contributed by atoms with Crippen LogP contribution in [0.1, 0.15) is 19.4 Å². The smallest absolute Gasteiger partial charge is 0.123 e. The molecule has 0 bridgehead atoms. The zero-order chi connectivity index (χ0) is 15.4. The SMILES string of the molecule is C=C(/C(=C\NN)C1=CC(C)NC=C1C)c1ccc(F)cc1. The first kappa shape index (κ1) is 15.1. The van der Waals surface area contributed by atoms with Crippen LogP contribution in [0, 0.1) is 5.82 Å². The van der Waals surface area contributed by atoms with Gasteiger partial charge in [0.25, 0.3) is 0 Å². The van der Waals surface area contributed by atoms with Gasteiger partial charge in [0.05, 0.1) is 0 Å². The highest BCUT2D eigenvalue weighted by atomic mass is 19.1. The van der Waals surface area contributed by atoms with E-state index in [1.807, 2.05) is 13.1 Å². The van der Waals surface area contributed by atoms with Crippen LogP contribution < -0.4 is 16.6 Å². The van der Waals surface area contributed by atoms with E-state index < -0.39 is 0 Å². The Hall–Kier alpha value is -2.33. The van der Waals surface area contributed by atoms with Crippen molar-refractivity contribution in [3.05, 3.63) is 77.4 Å². The van der Waals surface area contributed by atoms with Crippen molar-refractivity contribution in [3.63, 3.8) is 0 Å². The van der Waals surface area contributed by atoms with Crippen molar-refractivity contribution in [2.75, 3.05) is 0 Å². The molecule has 1 aliphatic rings. The van der Waals surface area contributed by atoms with Crippen LogP contribution in [0.5, 0.6) is 0 Å². The molecule has 4 N–H and O–H groups in total. The van der Waals surface area contributed by atoms with Crippen molar-refractivity contribution >= 4 is 5.57 Å². The van der Waals surface area contributed by atoms with Gasteiger partial charge in [-0.2, -0.15) is 0 Å². The summed E-state index contributed by atoms with van der Waals surface area (Å²) in [5.41, 5.74) is 7.28. The standard InChI is InChI=1S/C17H20FN3/c1-11-9-20-12(2)8-16(11)17(10-21-19)13(3)14-4-6-15(18)7-5-14/h4-10,12,20-21H,3,19H2,1-2H3/b17-10+. The van der Waals surface area contributed by atoms with E-state index in [1.165, 1.54) is 12.1 Å². The van der Waals surface area contributed by atoms with Crippen LogP contribution in [0.4, 0.5) is 4.39 Å². The Balaban J connectivity index is 2.40. The van der Waals surface area contributed by atoms with Gasteiger partial charge in [-0.25, -0.2) is 4.39 Å². The lowest BCUT2D eigenvalue weighted by molar-refractivity contribution is 0.627. The maximum Gasteiger partial charge on any atom is 0.123 e. The fourth-order valence-corrected chi connectivity index (χ4v) is 2.28. The van der Waals surface area contributed by atoms with Crippen LogP contribution in [-0.2, 0) is 0 Å². The molecule has 0 saturated heterocycles. The third kappa shape index (κ3) is 3.41. The quantitative estimate of drug-likeness (QED) is 0.453. The van der Waals surface area contributed by atoms with Crippen LogP contribution in [0.2, 0.25) is 0 Å². The van der Waals surface area contributed by atoms with Crippen molar-refractivity contribution in [2.45, 2.75) is 19.9 Å². The van der Waals surface area contributed by atoms with Crippen LogP contribution in [-0.4, -0.2) is 6.04 Å². The predicted molar refractivity (Wildman–Crippen MR) is 85.3 cm³/mol. The van der Waals surface area contributed by atoms with Crippen molar-refractivity contribution in [1.29, 1.82) is 0 Å². The fourth-order valence-electron chi connectivity index (χ4n) is 2.28. The summed E-state index contributed by atoms with van der Waals surface area (Å²) in [6.45, 7) is 8.22. The minimum Gasteiger partial charge on any atom is -0.385 e. The molecule has 110 valence electrons. The monoisotopic (exact) mass is 285 g/mol. The molecule has 0 saturated carbocycles. The molecule has 3 nitrogen and oxygen atoms in total. The number of halogens is 1. The summed E-state index contributed by atoms with van der Waals surface area (Å²) < 4.78 is 13.1. The predicted octanol–water partition coefficient (Wildman–Crippen LogP) is 3.01. The number of nitrogens with two attached hydrogens (primary N) is 1. The Morgan fingerprint density at radius 2 is 2.05 bits per heavy atom. The lowest BCUT2D eigenvalue weighted by atomic mass is 9.88. The second-order valence-electron chi connectivity index (χ2n) is 5.07. The molecule has 2 rings (SSSR count). The van der Waals surface area contributed by atoms with Crippen molar-refractivity contribution in [3.8, 4) is 0 Å². The zero-order valence-electron chi connectivity index (χ0n) is 12.3. The number of hydrogen-bond acceptors (Lipinski definition) is 3. The van der Waals surface area contributed by atoms with E-state index >= 15 is 0 Å². The zero-order valence-corrected chi connectivity index (χ0v) is 12.3. The fraction of sp³-hybridized carbons (Fsp3) is 0.176. The molecule has 1 aromatic carbocycles.